The third kappa shape index (κ3) is 5.56. The summed E-state index contributed by atoms with van der Waals surface area (Å²) in [7, 11) is 2.11. The number of likely N-dealkylation sites (tertiary alicyclic amines) is 1. The quantitative estimate of drug-likeness (QED) is 0.315. The second-order valence-electron chi connectivity index (χ2n) is 11.8. The zero-order valence-electron chi connectivity index (χ0n) is 24.7. The lowest BCUT2D eigenvalue weighted by molar-refractivity contribution is -0.144. The maximum absolute atomic E-state index is 13.3. The van der Waals surface area contributed by atoms with Crippen LogP contribution in [0.5, 0.6) is 0 Å². The van der Waals surface area contributed by atoms with Gasteiger partial charge in [0.05, 0.1) is 24.4 Å². The number of fused-ring (bicyclic) bond motifs is 1. The highest BCUT2D eigenvalue weighted by Gasteiger charge is 2.42. The number of benzene rings is 1. The molecule has 0 aliphatic carbocycles. The predicted molar refractivity (Wildman–Crippen MR) is 164 cm³/mol. The molecule has 6 rings (SSSR count). The van der Waals surface area contributed by atoms with E-state index in [0.717, 1.165) is 37.3 Å². The fourth-order valence-corrected chi connectivity index (χ4v) is 5.62. The first-order chi connectivity index (χ1) is 20.6. The third-order valence-corrected chi connectivity index (χ3v) is 8.14. The lowest BCUT2D eigenvalue weighted by Crippen LogP contribution is -2.58. The van der Waals surface area contributed by atoms with Crippen LogP contribution in [0.2, 0.25) is 0 Å². The van der Waals surface area contributed by atoms with Crippen LogP contribution < -0.4 is 15.8 Å². The number of morpholine rings is 1. The molecular formula is C31H36N8O4. The van der Waals surface area contributed by atoms with E-state index in [2.05, 4.69) is 38.8 Å². The van der Waals surface area contributed by atoms with Crippen molar-refractivity contribution in [3.63, 3.8) is 0 Å². The number of aliphatic hydroxyl groups is 1. The lowest BCUT2D eigenvalue weighted by atomic mass is 9.89. The molecule has 3 aromatic heterocycles. The molecule has 43 heavy (non-hydrogen) atoms. The fourth-order valence-electron chi connectivity index (χ4n) is 5.62. The average Bonchev–Trinajstić information content (AvgIpc) is 3.26. The Balaban J connectivity index is 1.29. The van der Waals surface area contributed by atoms with E-state index in [1.54, 1.807) is 42.8 Å². The molecule has 1 amide bonds. The molecule has 1 spiro atoms. The Kier molecular flexibility index (Phi) is 7.36. The average molecular weight is 585 g/mol. The molecule has 2 aliphatic heterocycles. The predicted octanol–water partition coefficient (Wildman–Crippen LogP) is 2.96. The number of anilines is 3. The minimum Gasteiger partial charge on any atom is -0.384 e. The first kappa shape index (κ1) is 28.7. The van der Waals surface area contributed by atoms with Gasteiger partial charge in [-0.05, 0) is 70.1 Å². The van der Waals surface area contributed by atoms with E-state index < -0.39 is 5.60 Å². The third-order valence-electron chi connectivity index (χ3n) is 8.14. The molecule has 0 bridgehead atoms. The fraction of sp³-hybridized carbons (Fsp3) is 0.387. The Morgan fingerprint density at radius 1 is 1.12 bits per heavy atom. The Morgan fingerprint density at radius 3 is 2.56 bits per heavy atom. The maximum atomic E-state index is 13.3. The first-order valence-electron chi connectivity index (χ1n) is 14.4. The smallest absolute Gasteiger partial charge is 0.278 e. The molecule has 12 heteroatoms. The molecule has 224 valence electrons. The van der Waals surface area contributed by atoms with Crippen LogP contribution in [-0.2, 0) is 21.7 Å². The van der Waals surface area contributed by atoms with E-state index in [1.807, 2.05) is 29.2 Å². The maximum Gasteiger partial charge on any atom is 0.278 e. The van der Waals surface area contributed by atoms with Crippen LogP contribution in [0.4, 0.5) is 17.3 Å². The normalized spacial score (nSPS) is 17.5. The topological polar surface area (TPSA) is 131 Å². The van der Waals surface area contributed by atoms with Gasteiger partial charge in [-0.25, -0.2) is 19.3 Å². The van der Waals surface area contributed by atoms with Gasteiger partial charge >= 0.3 is 0 Å². The molecule has 0 saturated carbocycles. The number of rotatable bonds is 7. The Labute approximate surface area is 249 Å². The van der Waals surface area contributed by atoms with Gasteiger partial charge in [0.25, 0.3) is 11.5 Å². The molecular weight excluding hydrogens is 548 g/mol. The number of ether oxygens (including phenoxy) is 1. The summed E-state index contributed by atoms with van der Waals surface area (Å²) < 4.78 is 9.15. The van der Waals surface area contributed by atoms with Crippen molar-refractivity contribution in [1.29, 1.82) is 0 Å². The molecule has 0 atom stereocenters. The van der Waals surface area contributed by atoms with Gasteiger partial charge in [0.15, 0.2) is 11.5 Å². The lowest BCUT2D eigenvalue weighted by Gasteiger charge is -2.46. The number of piperidine rings is 1. The van der Waals surface area contributed by atoms with E-state index >= 15 is 0 Å². The van der Waals surface area contributed by atoms with Gasteiger partial charge < -0.3 is 25.0 Å². The second-order valence-corrected chi connectivity index (χ2v) is 11.8. The molecule has 2 fully saturated rings. The van der Waals surface area contributed by atoms with Crippen LogP contribution >= 0.6 is 0 Å². The van der Waals surface area contributed by atoms with E-state index in [1.165, 1.54) is 10.9 Å². The minimum absolute atomic E-state index is 0.0525. The molecule has 4 aromatic rings. The van der Waals surface area contributed by atoms with Gasteiger partial charge in [-0.3, -0.25) is 9.59 Å². The van der Waals surface area contributed by atoms with E-state index in [9.17, 15) is 14.7 Å². The molecule has 2 aliphatic rings. The molecule has 2 N–H and O–H groups in total. The van der Waals surface area contributed by atoms with Crippen molar-refractivity contribution in [2.75, 3.05) is 43.5 Å². The second kappa shape index (κ2) is 11.0. The van der Waals surface area contributed by atoms with Crippen molar-refractivity contribution >= 4 is 34.3 Å². The summed E-state index contributed by atoms with van der Waals surface area (Å²) in [5.74, 6) is 0.666. The highest BCUT2D eigenvalue weighted by Crippen LogP contribution is 2.33. The summed E-state index contributed by atoms with van der Waals surface area (Å²) in [6.45, 7) is 9.83. The standard InChI is InChI=1S/C31H36N8O4/c1-5-15-38-28(41)23-18-32-29(35-27(23)39(38)25-8-6-7-24(34-25)30(2,3)42)33-21-9-11-22(12-10-21)37-20-31(43-19-26(37)40)13-16-36(4)17-14-31/h5-12,18,42H,1,13-17,19-20H2,2-4H3,(H,32,33,35). The molecule has 5 heterocycles. The van der Waals surface area contributed by atoms with Gasteiger partial charge in [-0.2, -0.15) is 4.98 Å². The Hall–Kier alpha value is -4.39. The summed E-state index contributed by atoms with van der Waals surface area (Å²) >= 11 is 0. The number of amides is 1. The van der Waals surface area contributed by atoms with Gasteiger partial charge in [0.1, 0.15) is 17.6 Å². The number of hydrogen-bond acceptors (Lipinski definition) is 9. The summed E-state index contributed by atoms with van der Waals surface area (Å²) in [6.07, 6.45) is 4.90. The number of carbonyl (C=O) groups is 1. The number of nitrogens with one attached hydrogen (secondary N) is 1. The Bertz CT molecular complexity index is 1730. The van der Waals surface area contributed by atoms with Crippen LogP contribution in [0.1, 0.15) is 32.4 Å². The molecule has 12 nitrogen and oxygen atoms in total. The van der Waals surface area contributed by atoms with E-state index in [4.69, 9.17) is 4.74 Å². The van der Waals surface area contributed by atoms with Crippen LogP contribution in [0.25, 0.3) is 16.9 Å². The van der Waals surface area contributed by atoms with E-state index in [0.29, 0.717) is 29.1 Å². The molecule has 1 aromatic carbocycles. The highest BCUT2D eigenvalue weighted by atomic mass is 16.5. The van der Waals surface area contributed by atoms with Gasteiger partial charge in [-0.15, -0.1) is 6.58 Å². The SMILES string of the molecule is C=CCn1c(=O)c2cnc(Nc3ccc(N4CC5(CCN(C)CC5)OCC4=O)cc3)nc2n1-c1cccc(C(C)(C)O)n1. The number of aromatic nitrogens is 5. The van der Waals surface area contributed by atoms with Crippen molar-refractivity contribution in [2.24, 2.45) is 0 Å². The number of hydrogen-bond donors (Lipinski definition) is 2. The van der Waals surface area contributed by atoms with Crippen molar-refractivity contribution in [3.8, 4) is 5.82 Å². The minimum atomic E-state index is -1.17. The summed E-state index contributed by atoms with van der Waals surface area (Å²) in [4.78, 5) is 43.9. The zero-order valence-corrected chi connectivity index (χ0v) is 24.7. The van der Waals surface area contributed by atoms with Crippen molar-refractivity contribution in [2.45, 2.75) is 44.4 Å². The number of pyridine rings is 1. The van der Waals surface area contributed by atoms with Crippen molar-refractivity contribution < 1.29 is 14.6 Å². The van der Waals surface area contributed by atoms with Crippen molar-refractivity contribution in [1.82, 2.24) is 29.2 Å². The first-order valence-corrected chi connectivity index (χ1v) is 14.4. The summed E-state index contributed by atoms with van der Waals surface area (Å²) in [5.41, 5.74) is 0.594. The number of carbonyl (C=O) groups excluding carboxylic acids is 1. The monoisotopic (exact) mass is 584 g/mol. The van der Waals surface area contributed by atoms with Crippen LogP contribution in [0.15, 0.2) is 66.1 Å². The van der Waals surface area contributed by atoms with Crippen molar-refractivity contribution in [3.05, 3.63) is 77.4 Å². The molecule has 0 radical (unpaired) electrons. The number of nitrogens with zero attached hydrogens (tertiary/aromatic N) is 7. The summed E-state index contributed by atoms with van der Waals surface area (Å²) in [5, 5.41) is 14.1. The van der Waals surface area contributed by atoms with Gasteiger partial charge in [0.2, 0.25) is 5.95 Å². The largest absolute Gasteiger partial charge is 0.384 e. The van der Waals surface area contributed by atoms with Crippen LogP contribution in [0.3, 0.4) is 0 Å². The van der Waals surface area contributed by atoms with Gasteiger partial charge in [0, 0.05) is 30.7 Å². The van der Waals surface area contributed by atoms with E-state index in [-0.39, 0.29) is 36.2 Å². The summed E-state index contributed by atoms with van der Waals surface area (Å²) in [6, 6.07) is 12.8. The Morgan fingerprint density at radius 2 is 1.86 bits per heavy atom. The molecule has 2 saturated heterocycles. The number of allylic oxidation sites excluding steroid dienone is 1. The van der Waals surface area contributed by atoms with Crippen LogP contribution in [-0.4, -0.2) is 79.1 Å². The van der Waals surface area contributed by atoms with Gasteiger partial charge in [-0.1, -0.05) is 12.1 Å². The van der Waals surface area contributed by atoms with Crippen LogP contribution in [0, 0.1) is 0 Å². The molecule has 0 unspecified atom stereocenters. The zero-order chi connectivity index (χ0) is 30.4. The highest BCUT2D eigenvalue weighted by molar-refractivity contribution is 5.95.